The second-order valence-electron chi connectivity index (χ2n) is 5.34. The van der Waals surface area contributed by atoms with E-state index in [1.54, 1.807) is 30.3 Å². The SMILES string of the molecule is C=C(/C=C(\C(=C\NCCCC)Oc1ccccc1)S(C)(=O)=O)C(=O)O. The molecule has 0 amide bonds. The van der Waals surface area contributed by atoms with Gasteiger partial charge in [-0.3, -0.25) is 0 Å². The van der Waals surface area contributed by atoms with Crippen LogP contribution in [0.5, 0.6) is 5.75 Å². The van der Waals surface area contributed by atoms with Crippen molar-refractivity contribution in [3.8, 4) is 5.75 Å². The molecule has 0 aliphatic rings. The van der Waals surface area contributed by atoms with Gasteiger partial charge >= 0.3 is 5.97 Å². The van der Waals surface area contributed by atoms with E-state index in [0.29, 0.717) is 12.3 Å². The molecule has 0 aliphatic heterocycles. The van der Waals surface area contributed by atoms with Crippen LogP contribution >= 0.6 is 0 Å². The van der Waals surface area contributed by atoms with Gasteiger partial charge in [-0.25, -0.2) is 13.2 Å². The number of unbranched alkanes of at least 4 members (excludes halogenated alkanes) is 1. The summed E-state index contributed by atoms with van der Waals surface area (Å²) in [4.78, 5) is 10.8. The molecule has 0 radical (unpaired) electrons. The molecule has 0 spiro atoms. The number of carboxylic acid groups (broad SMARTS) is 1. The molecule has 0 unspecified atom stereocenters. The van der Waals surface area contributed by atoms with Crippen molar-refractivity contribution in [1.29, 1.82) is 0 Å². The number of carbonyl (C=O) groups is 1. The number of aliphatic carboxylic acids is 1. The maximum atomic E-state index is 12.2. The molecule has 0 saturated heterocycles. The van der Waals surface area contributed by atoms with E-state index in [2.05, 4.69) is 11.9 Å². The van der Waals surface area contributed by atoms with Gasteiger partial charge in [-0.1, -0.05) is 38.1 Å². The first-order valence-corrected chi connectivity index (χ1v) is 9.65. The topological polar surface area (TPSA) is 92.7 Å². The van der Waals surface area contributed by atoms with Crippen molar-refractivity contribution in [2.24, 2.45) is 0 Å². The summed E-state index contributed by atoms with van der Waals surface area (Å²) in [7, 11) is -3.75. The monoisotopic (exact) mass is 365 g/mol. The predicted molar refractivity (Wildman–Crippen MR) is 97.8 cm³/mol. The zero-order valence-electron chi connectivity index (χ0n) is 14.4. The lowest BCUT2D eigenvalue weighted by molar-refractivity contribution is -0.132. The van der Waals surface area contributed by atoms with Crippen LogP contribution < -0.4 is 10.1 Å². The molecule has 0 aliphatic carbocycles. The molecule has 136 valence electrons. The third-order valence-electron chi connectivity index (χ3n) is 3.10. The number of nitrogens with one attached hydrogen (secondary N) is 1. The van der Waals surface area contributed by atoms with Crippen molar-refractivity contribution in [1.82, 2.24) is 5.32 Å². The van der Waals surface area contributed by atoms with Gasteiger partial charge in [0.05, 0.1) is 5.57 Å². The molecule has 25 heavy (non-hydrogen) atoms. The first-order valence-electron chi connectivity index (χ1n) is 7.76. The average Bonchev–Trinajstić information content (AvgIpc) is 2.55. The first-order chi connectivity index (χ1) is 11.8. The van der Waals surface area contributed by atoms with Gasteiger partial charge < -0.3 is 15.2 Å². The van der Waals surface area contributed by atoms with Gasteiger partial charge in [0.15, 0.2) is 15.6 Å². The molecular weight excluding hydrogens is 342 g/mol. The van der Waals surface area contributed by atoms with Crippen molar-refractivity contribution in [3.05, 3.63) is 65.4 Å². The Hall–Kier alpha value is -2.54. The van der Waals surface area contributed by atoms with Crippen LogP contribution in [-0.4, -0.2) is 32.3 Å². The standard InChI is InChI=1S/C18H23NO5S/c1-4-5-11-19-13-16(24-15-9-7-6-8-10-15)17(25(3,22)23)12-14(2)18(20)21/h6-10,12-13,19H,2,4-5,11H2,1,3H3,(H,20,21)/b16-13-,17-12+. The van der Waals surface area contributed by atoms with E-state index in [-0.39, 0.29) is 16.2 Å². The minimum Gasteiger partial charge on any atom is -0.478 e. The number of sulfone groups is 1. The molecule has 0 bridgehead atoms. The lowest BCUT2D eigenvalue weighted by Crippen LogP contribution is -2.15. The number of rotatable bonds is 10. The normalized spacial score (nSPS) is 12.6. The van der Waals surface area contributed by atoms with Crippen LogP contribution in [0.3, 0.4) is 0 Å². The minimum atomic E-state index is -3.75. The number of benzene rings is 1. The largest absolute Gasteiger partial charge is 0.478 e. The Morgan fingerprint density at radius 1 is 1.32 bits per heavy atom. The quantitative estimate of drug-likeness (QED) is 0.287. The minimum absolute atomic E-state index is 0.00667. The summed E-state index contributed by atoms with van der Waals surface area (Å²) in [5.74, 6) is -0.868. The second kappa shape index (κ2) is 9.68. The molecule has 7 heteroatoms. The third-order valence-corrected chi connectivity index (χ3v) is 4.22. The van der Waals surface area contributed by atoms with E-state index in [0.717, 1.165) is 25.2 Å². The molecule has 2 N–H and O–H groups in total. The van der Waals surface area contributed by atoms with Crippen LogP contribution in [0.1, 0.15) is 19.8 Å². The van der Waals surface area contributed by atoms with Gasteiger partial charge in [0.1, 0.15) is 10.7 Å². The smallest absolute Gasteiger partial charge is 0.335 e. The van der Waals surface area contributed by atoms with Crippen LogP contribution in [0.25, 0.3) is 0 Å². The molecule has 0 fully saturated rings. The lowest BCUT2D eigenvalue weighted by atomic mass is 10.2. The zero-order valence-corrected chi connectivity index (χ0v) is 15.2. The van der Waals surface area contributed by atoms with E-state index in [1.807, 2.05) is 6.92 Å². The van der Waals surface area contributed by atoms with Crippen molar-refractivity contribution in [2.75, 3.05) is 12.8 Å². The van der Waals surface area contributed by atoms with Crippen LogP contribution in [0, 0.1) is 0 Å². The highest BCUT2D eigenvalue weighted by atomic mass is 32.2. The van der Waals surface area contributed by atoms with Crippen LogP contribution in [0.2, 0.25) is 0 Å². The summed E-state index contributed by atoms with van der Waals surface area (Å²) >= 11 is 0. The Bertz CT molecular complexity index is 764. The maximum Gasteiger partial charge on any atom is 0.335 e. The van der Waals surface area contributed by atoms with Crippen molar-refractivity contribution in [2.45, 2.75) is 19.8 Å². The van der Waals surface area contributed by atoms with E-state index in [1.165, 1.54) is 6.20 Å². The van der Waals surface area contributed by atoms with E-state index in [4.69, 9.17) is 9.84 Å². The first kappa shape index (κ1) is 20.5. The fourth-order valence-corrected chi connectivity index (χ4v) is 2.61. The van der Waals surface area contributed by atoms with Gasteiger partial charge in [0, 0.05) is 19.0 Å². The molecule has 0 heterocycles. The third kappa shape index (κ3) is 7.26. The summed E-state index contributed by atoms with van der Waals surface area (Å²) < 4.78 is 30.0. The van der Waals surface area contributed by atoms with Crippen LogP contribution in [0.4, 0.5) is 0 Å². The number of carboxylic acids is 1. The van der Waals surface area contributed by atoms with Crippen LogP contribution in [0.15, 0.2) is 65.4 Å². The van der Waals surface area contributed by atoms with E-state index < -0.39 is 15.8 Å². The van der Waals surface area contributed by atoms with Gasteiger partial charge in [-0.2, -0.15) is 0 Å². The van der Waals surface area contributed by atoms with Crippen molar-refractivity contribution in [3.63, 3.8) is 0 Å². The van der Waals surface area contributed by atoms with Gasteiger partial charge in [0.25, 0.3) is 0 Å². The maximum absolute atomic E-state index is 12.2. The Labute approximate surface area is 148 Å². The Balaban J connectivity index is 3.28. The highest BCUT2D eigenvalue weighted by Gasteiger charge is 2.21. The Morgan fingerprint density at radius 3 is 2.48 bits per heavy atom. The van der Waals surface area contributed by atoms with Crippen LogP contribution in [-0.2, 0) is 14.6 Å². The summed E-state index contributed by atoms with van der Waals surface area (Å²) in [6.07, 6.45) is 5.29. The fourth-order valence-electron chi connectivity index (χ4n) is 1.79. The number of ether oxygens (including phenoxy) is 1. The molecular formula is C18H23NO5S. The second-order valence-corrected chi connectivity index (χ2v) is 7.33. The molecule has 1 rings (SSSR count). The lowest BCUT2D eigenvalue weighted by Gasteiger charge is -2.13. The predicted octanol–water partition coefficient (Wildman–Crippen LogP) is 2.87. The fraction of sp³-hybridized carbons (Fsp3) is 0.278. The molecule has 0 saturated carbocycles. The van der Waals surface area contributed by atoms with Crippen molar-refractivity contribution < 1.29 is 23.1 Å². The molecule has 1 aromatic rings. The van der Waals surface area contributed by atoms with Gasteiger partial charge in [-0.05, 0) is 24.6 Å². The Morgan fingerprint density at radius 2 is 1.96 bits per heavy atom. The summed E-state index contributed by atoms with van der Waals surface area (Å²) in [5.41, 5.74) is -0.350. The number of hydrogen-bond donors (Lipinski definition) is 2. The number of para-hydroxylation sites is 1. The number of hydrogen-bond acceptors (Lipinski definition) is 5. The van der Waals surface area contributed by atoms with Crippen molar-refractivity contribution >= 4 is 15.8 Å². The summed E-state index contributed by atoms with van der Waals surface area (Å²) in [6.45, 7) is 6.03. The van der Waals surface area contributed by atoms with Gasteiger partial charge in [-0.15, -0.1) is 0 Å². The summed E-state index contributed by atoms with van der Waals surface area (Å²) in [6, 6.07) is 8.64. The summed E-state index contributed by atoms with van der Waals surface area (Å²) in [5, 5.41) is 12.0. The highest BCUT2D eigenvalue weighted by molar-refractivity contribution is 7.94. The van der Waals surface area contributed by atoms with E-state index in [9.17, 15) is 13.2 Å². The Kier molecular flexibility index (Phi) is 7.94. The molecule has 0 aromatic heterocycles. The highest BCUT2D eigenvalue weighted by Crippen LogP contribution is 2.22. The molecule has 1 aromatic carbocycles. The van der Waals surface area contributed by atoms with Gasteiger partial charge in [0.2, 0.25) is 0 Å². The molecule has 6 nitrogen and oxygen atoms in total. The zero-order chi connectivity index (χ0) is 18.9. The average molecular weight is 365 g/mol. The molecule has 0 atom stereocenters. The van der Waals surface area contributed by atoms with E-state index >= 15 is 0 Å².